The summed E-state index contributed by atoms with van der Waals surface area (Å²) in [7, 11) is 0. The Bertz CT molecular complexity index is 458. The fourth-order valence-corrected chi connectivity index (χ4v) is 3.11. The fraction of sp³-hybridized carbons (Fsp3) is 0.588. The number of hydrogen-bond acceptors (Lipinski definition) is 3. The van der Waals surface area contributed by atoms with E-state index in [1.165, 1.54) is 37.7 Å². The third-order valence-corrected chi connectivity index (χ3v) is 4.45. The molecule has 1 aromatic carbocycles. The van der Waals surface area contributed by atoms with Gasteiger partial charge in [-0.1, -0.05) is 31.9 Å². The van der Waals surface area contributed by atoms with Crippen molar-refractivity contribution in [1.82, 2.24) is 5.32 Å². The van der Waals surface area contributed by atoms with Crippen LogP contribution in [0.3, 0.4) is 0 Å². The van der Waals surface area contributed by atoms with E-state index in [9.17, 15) is 0 Å². The van der Waals surface area contributed by atoms with Gasteiger partial charge in [-0.3, -0.25) is 0 Å². The first kappa shape index (κ1) is 14.9. The van der Waals surface area contributed by atoms with Crippen LogP contribution in [-0.4, -0.2) is 13.2 Å². The van der Waals surface area contributed by atoms with Gasteiger partial charge in [-0.15, -0.1) is 0 Å². The Hall–Kier alpha value is -1.53. The second kappa shape index (κ2) is 7.31. The van der Waals surface area contributed by atoms with Crippen LogP contribution in [0.1, 0.15) is 44.6 Å². The van der Waals surface area contributed by atoms with Crippen molar-refractivity contribution < 1.29 is 4.74 Å². The van der Waals surface area contributed by atoms with E-state index in [0.29, 0.717) is 5.41 Å². The lowest BCUT2D eigenvalue weighted by molar-refractivity contribution is 0.268. The van der Waals surface area contributed by atoms with Crippen LogP contribution in [0, 0.1) is 16.7 Å². The first-order valence-corrected chi connectivity index (χ1v) is 7.57. The molecule has 0 aromatic heterocycles. The van der Waals surface area contributed by atoms with Gasteiger partial charge >= 0.3 is 0 Å². The van der Waals surface area contributed by atoms with Gasteiger partial charge in [0.05, 0.1) is 0 Å². The van der Waals surface area contributed by atoms with Crippen molar-refractivity contribution in [3.05, 3.63) is 29.8 Å². The summed E-state index contributed by atoms with van der Waals surface area (Å²) in [5, 5.41) is 12.1. The average molecular weight is 272 g/mol. The van der Waals surface area contributed by atoms with Gasteiger partial charge in [0.25, 0.3) is 0 Å². The maximum absolute atomic E-state index is 8.53. The van der Waals surface area contributed by atoms with E-state index in [4.69, 9.17) is 10.00 Å². The Kier molecular flexibility index (Phi) is 5.43. The zero-order chi connectivity index (χ0) is 14.3. The third-order valence-electron chi connectivity index (χ3n) is 4.45. The molecule has 1 aliphatic carbocycles. The van der Waals surface area contributed by atoms with Crippen molar-refractivity contribution in [1.29, 1.82) is 5.26 Å². The predicted octanol–water partition coefficient (Wildman–Crippen LogP) is 3.65. The molecular weight excluding hydrogens is 248 g/mol. The van der Waals surface area contributed by atoms with Crippen LogP contribution < -0.4 is 10.1 Å². The highest BCUT2D eigenvalue weighted by Crippen LogP contribution is 2.40. The summed E-state index contributed by atoms with van der Waals surface area (Å²) in [5.74, 6) is 0.775. The lowest BCUT2D eigenvalue weighted by atomic mass is 9.83. The van der Waals surface area contributed by atoms with Gasteiger partial charge in [0, 0.05) is 13.1 Å². The molecule has 1 fully saturated rings. The largest absolute Gasteiger partial charge is 0.479 e. The van der Waals surface area contributed by atoms with Crippen LogP contribution in [0.4, 0.5) is 0 Å². The lowest BCUT2D eigenvalue weighted by Crippen LogP contribution is -2.31. The molecule has 0 bridgehead atoms. The summed E-state index contributed by atoms with van der Waals surface area (Å²) in [6.45, 7) is 4.39. The van der Waals surface area contributed by atoms with Crippen molar-refractivity contribution in [2.24, 2.45) is 5.41 Å². The third kappa shape index (κ3) is 3.98. The summed E-state index contributed by atoms with van der Waals surface area (Å²) < 4.78 is 5.33. The standard InChI is InChI=1S/C17H24N2O/c1-2-17(8-3-4-9-17)14-19-13-15-6-5-7-16(12-15)20-11-10-18/h5-7,12,19H,2-4,8-9,11,13-14H2,1H3. The molecule has 1 saturated carbocycles. The normalized spacial score (nSPS) is 16.8. The van der Waals surface area contributed by atoms with Crippen LogP contribution in [0.5, 0.6) is 5.75 Å². The molecule has 0 spiro atoms. The van der Waals surface area contributed by atoms with Crippen molar-refractivity contribution in [3.8, 4) is 11.8 Å². The molecule has 1 aromatic rings. The fourth-order valence-electron chi connectivity index (χ4n) is 3.11. The Morgan fingerprint density at radius 3 is 2.85 bits per heavy atom. The highest BCUT2D eigenvalue weighted by atomic mass is 16.5. The Balaban J connectivity index is 1.83. The minimum absolute atomic E-state index is 0.107. The van der Waals surface area contributed by atoms with Gasteiger partial charge in [-0.05, 0) is 42.4 Å². The molecule has 3 heteroatoms. The summed E-state index contributed by atoms with van der Waals surface area (Å²) in [6.07, 6.45) is 6.76. The van der Waals surface area contributed by atoms with Gasteiger partial charge in [0.1, 0.15) is 11.8 Å². The molecular formula is C17H24N2O. The van der Waals surface area contributed by atoms with Crippen molar-refractivity contribution in [2.45, 2.75) is 45.6 Å². The molecule has 1 aliphatic rings. The smallest absolute Gasteiger partial charge is 0.174 e. The first-order chi connectivity index (χ1) is 9.78. The molecule has 0 unspecified atom stereocenters. The second-order valence-electron chi connectivity index (χ2n) is 5.76. The van der Waals surface area contributed by atoms with E-state index in [1.807, 2.05) is 24.3 Å². The minimum Gasteiger partial charge on any atom is -0.479 e. The molecule has 2 rings (SSSR count). The number of hydrogen-bond donors (Lipinski definition) is 1. The molecule has 108 valence electrons. The van der Waals surface area contributed by atoms with E-state index in [1.54, 1.807) is 0 Å². The van der Waals surface area contributed by atoms with Crippen LogP contribution >= 0.6 is 0 Å². The zero-order valence-corrected chi connectivity index (χ0v) is 12.3. The zero-order valence-electron chi connectivity index (χ0n) is 12.3. The topological polar surface area (TPSA) is 45.0 Å². The molecule has 20 heavy (non-hydrogen) atoms. The first-order valence-electron chi connectivity index (χ1n) is 7.57. The monoisotopic (exact) mass is 272 g/mol. The van der Waals surface area contributed by atoms with E-state index in [0.717, 1.165) is 18.8 Å². The summed E-state index contributed by atoms with van der Waals surface area (Å²) in [5.41, 5.74) is 1.74. The van der Waals surface area contributed by atoms with Gasteiger partial charge in [0.2, 0.25) is 0 Å². The average Bonchev–Trinajstić information content (AvgIpc) is 2.95. The molecule has 0 atom stereocenters. The van der Waals surface area contributed by atoms with Gasteiger partial charge in [-0.2, -0.15) is 5.26 Å². The Morgan fingerprint density at radius 1 is 1.35 bits per heavy atom. The number of ether oxygens (including phenoxy) is 1. The van der Waals surface area contributed by atoms with Crippen molar-refractivity contribution in [2.75, 3.05) is 13.2 Å². The number of nitrogens with zero attached hydrogens (tertiary/aromatic N) is 1. The summed E-state index contributed by atoms with van der Waals surface area (Å²) >= 11 is 0. The van der Waals surface area contributed by atoms with E-state index in [2.05, 4.69) is 18.3 Å². The quantitative estimate of drug-likeness (QED) is 0.824. The number of nitriles is 1. The Morgan fingerprint density at radius 2 is 2.15 bits per heavy atom. The molecule has 1 N–H and O–H groups in total. The SMILES string of the molecule is CCC1(CNCc2cccc(OCC#N)c2)CCCC1. The molecule has 3 nitrogen and oxygen atoms in total. The molecule has 0 aliphatic heterocycles. The Labute approximate surface area is 121 Å². The van der Waals surface area contributed by atoms with E-state index >= 15 is 0 Å². The highest BCUT2D eigenvalue weighted by molar-refractivity contribution is 5.28. The number of nitrogens with one attached hydrogen (secondary N) is 1. The van der Waals surface area contributed by atoms with Crippen LogP contribution in [0.15, 0.2) is 24.3 Å². The number of rotatable bonds is 7. The lowest BCUT2D eigenvalue weighted by Gasteiger charge is -2.27. The summed E-state index contributed by atoms with van der Waals surface area (Å²) in [4.78, 5) is 0. The van der Waals surface area contributed by atoms with Gasteiger partial charge in [0.15, 0.2) is 6.61 Å². The van der Waals surface area contributed by atoms with Crippen molar-refractivity contribution >= 4 is 0 Å². The molecule has 0 saturated heterocycles. The minimum atomic E-state index is 0.107. The van der Waals surface area contributed by atoms with Gasteiger partial charge in [-0.25, -0.2) is 0 Å². The maximum atomic E-state index is 8.53. The van der Waals surface area contributed by atoms with E-state index in [-0.39, 0.29) is 6.61 Å². The van der Waals surface area contributed by atoms with Crippen molar-refractivity contribution in [3.63, 3.8) is 0 Å². The second-order valence-corrected chi connectivity index (χ2v) is 5.76. The molecule has 0 amide bonds. The molecule has 0 heterocycles. The van der Waals surface area contributed by atoms with E-state index < -0.39 is 0 Å². The highest BCUT2D eigenvalue weighted by Gasteiger charge is 2.31. The van der Waals surface area contributed by atoms with Gasteiger partial charge < -0.3 is 10.1 Å². The molecule has 0 radical (unpaired) electrons. The van der Waals surface area contributed by atoms with Crippen LogP contribution in [0.2, 0.25) is 0 Å². The predicted molar refractivity (Wildman–Crippen MR) is 80.4 cm³/mol. The van der Waals surface area contributed by atoms with Crippen LogP contribution in [-0.2, 0) is 6.54 Å². The van der Waals surface area contributed by atoms with Crippen LogP contribution in [0.25, 0.3) is 0 Å². The number of benzene rings is 1. The maximum Gasteiger partial charge on any atom is 0.174 e. The summed E-state index contributed by atoms with van der Waals surface area (Å²) in [6, 6.07) is 9.97.